The molecular weight excluding hydrogens is 368 g/mol. The van der Waals surface area contributed by atoms with Crippen LogP contribution in [-0.2, 0) is 9.59 Å². The predicted molar refractivity (Wildman–Crippen MR) is 53.1 cm³/mol. The van der Waals surface area contributed by atoms with E-state index in [0.717, 1.165) is 0 Å². The SMILES string of the molecule is CC(O)C(=O)O.CC(O)C(=O)O.N.N.[OH][Ce][OH]. The molecule has 10 nitrogen and oxygen atoms in total. The van der Waals surface area contributed by atoms with Crippen LogP contribution >= 0.6 is 0 Å². The number of carbonyl (C=O) groups is 2. The standard InChI is InChI=1S/2C3H6O3.Ce.2H3N.2H2O/c2*1-2(4)3(5)6;;;;;/h2*2,4H,1H3,(H,5,6);;2*1H3;2*1H2/q;;+2;;;;/p-2. The van der Waals surface area contributed by atoms with Crippen molar-refractivity contribution >= 4 is 11.9 Å². The molecule has 0 aliphatic carbocycles. The fraction of sp³-hybridized carbons (Fsp3) is 0.667. The summed E-state index contributed by atoms with van der Waals surface area (Å²) in [5.74, 6) is -2.37. The van der Waals surface area contributed by atoms with E-state index in [1.54, 1.807) is 0 Å². The van der Waals surface area contributed by atoms with Crippen LogP contribution in [0.2, 0.25) is 0 Å². The van der Waals surface area contributed by atoms with Crippen LogP contribution in [0.1, 0.15) is 13.8 Å². The summed E-state index contributed by atoms with van der Waals surface area (Å²) < 4.78 is 14.6. The van der Waals surface area contributed by atoms with Gasteiger partial charge in [-0.15, -0.1) is 0 Å². The summed E-state index contributed by atoms with van der Waals surface area (Å²) >= 11 is -1.92. The Bertz CT molecular complexity index is 159. The third kappa shape index (κ3) is 48.8. The topological polar surface area (TPSA) is 226 Å². The predicted octanol–water partition coefficient (Wildman–Crippen LogP) is -1.89. The molecule has 2 atom stereocenters. The number of rotatable bonds is 2. The van der Waals surface area contributed by atoms with Gasteiger partial charge in [0, 0.05) is 0 Å². The second-order valence-electron chi connectivity index (χ2n) is 2.13. The molecule has 106 valence electrons. The van der Waals surface area contributed by atoms with E-state index in [1.807, 2.05) is 0 Å². The minimum atomic E-state index is -1.92. The molecule has 0 aromatic heterocycles. The van der Waals surface area contributed by atoms with Gasteiger partial charge in [0.25, 0.3) is 0 Å². The first-order chi connectivity index (χ1) is 6.70. The van der Waals surface area contributed by atoms with Crippen LogP contribution in [0.4, 0.5) is 0 Å². The quantitative estimate of drug-likeness (QED) is 0.262. The zero-order chi connectivity index (χ0) is 13.0. The van der Waals surface area contributed by atoms with Crippen molar-refractivity contribution in [2.75, 3.05) is 0 Å². The van der Waals surface area contributed by atoms with E-state index in [2.05, 4.69) is 0 Å². The van der Waals surface area contributed by atoms with Crippen LogP contribution in [0.3, 0.4) is 0 Å². The van der Waals surface area contributed by atoms with Crippen LogP contribution in [-0.4, -0.2) is 47.2 Å². The maximum atomic E-state index is 9.45. The van der Waals surface area contributed by atoms with E-state index in [-0.39, 0.29) is 12.3 Å². The third-order valence-corrected chi connectivity index (χ3v) is 0.715. The van der Waals surface area contributed by atoms with Gasteiger partial charge in [-0.3, -0.25) is 0 Å². The molecule has 0 bridgehead atoms. The van der Waals surface area contributed by atoms with Crippen molar-refractivity contribution in [3.05, 3.63) is 0 Å². The van der Waals surface area contributed by atoms with Gasteiger partial charge < -0.3 is 32.7 Å². The van der Waals surface area contributed by atoms with Crippen LogP contribution < -0.4 is 12.3 Å². The fourth-order valence-electron chi connectivity index (χ4n) is 0. The Hall–Kier alpha value is 0.0766. The molecule has 0 saturated heterocycles. The monoisotopic (exact) mass is 388 g/mol. The summed E-state index contributed by atoms with van der Waals surface area (Å²) in [5, 5.41) is 31.5. The first kappa shape index (κ1) is 30.3. The molecule has 0 heterocycles. The van der Waals surface area contributed by atoms with Crippen molar-refractivity contribution in [1.82, 2.24) is 12.3 Å². The van der Waals surface area contributed by atoms with Gasteiger partial charge in [0.05, 0.1) is 0 Å². The van der Waals surface area contributed by atoms with Gasteiger partial charge in [0.2, 0.25) is 0 Å². The third-order valence-electron chi connectivity index (χ3n) is 0.715. The molecule has 0 aliphatic heterocycles. The Morgan fingerprint density at radius 3 is 0.941 bits per heavy atom. The van der Waals surface area contributed by atoms with Gasteiger partial charge in [0.15, 0.2) is 0 Å². The number of aliphatic carboxylic acids is 2. The van der Waals surface area contributed by atoms with Crippen molar-refractivity contribution in [3.8, 4) is 0 Å². The zero-order valence-corrected chi connectivity index (χ0v) is 12.7. The Morgan fingerprint density at radius 1 is 0.882 bits per heavy atom. The Kier molecular flexibility index (Phi) is 38.0. The summed E-state index contributed by atoms with van der Waals surface area (Å²) in [5.41, 5.74) is 0. The number of hydrogen-bond donors (Lipinski definition) is 8. The van der Waals surface area contributed by atoms with E-state index >= 15 is 0 Å². The summed E-state index contributed by atoms with van der Waals surface area (Å²) in [4.78, 5) is 18.9. The van der Waals surface area contributed by atoms with Gasteiger partial charge in [-0.25, -0.2) is 9.59 Å². The van der Waals surface area contributed by atoms with E-state index in [9.17, 15) is 9.59 Å². The Morgan fingerprint density at radius 2 is 0.941 bits per heavy atom. The number of aliphatic hydroxyl groups excluding tert-OH is 2. The number of carboxylic acids is 2. The molecule has 2 unspecified atom stereocenters. The number of hydrogen-bond acceptors (Lipinski definition) is 8. The number of carboxylic acid groups (broad SMARTS) is 2. The van der Waals surface area contributed by atoms with E-state index in [0.29, 0.717) is 0 Å². The molecule has 17 heavy (non-hydrogen) atoms. The van der Waals surface area contributed by atoms with Gasteiger partial charge >= 0.3 is 53.3 Å². The van der Waals surface area contributed by atoms with Gasteiger partial charge in [-0.2, -0.15) is 0 Å². The molecule has 0 aliphatic rings. The van der Waals surface area contributed by atoms with Crippen LogP contribution in [0.5, 0.6) is 0 Å². The molecule has 12 N–H and O–H groups in total. The van der Waals surface area contributed by atoms with Crippen LogP contribution in [0.15, 0.2) is 0 Å². The van der Waals surface area contributed by atoms with E-state index in [1.165, 1.54) is 13.8 Å². The van der Waals surface area contributed by atoms with Gasteiger partial charge in [0.1, 0.15) is 12.2 Å². The molecule has 0 saturated carbocycles. The first-order valence-electron chi connectivity index (χ1n) is 3.55. The molecule has 0 fully saturated rings. The maximum absolute atomic E-state index is 9.45. The van der Waals surface area contributed by atoms with Gasteiger partial charge in [-0.05, 0) is 13.8 Å². The average Bonchev–Trinajstić information content (AvgIpc) is 2.06. The Labute approximate surface area is 121 Å². The minimum absolute atomic E-state index is 0. The Balaban J connectivity index is -0.0000000421. The molecule has 11 heteroatoms. The summed E-state index contributed by atoms with van der Waals surface area (Å²) in [6, 6.07) is 0. The summed E-state index contributed by atoms with van der Waals surface area (Å²) in [7, 11) is 0. The van der Waals surface area contributed by atoms with Crippen molar-refractivity contribution < 1.29 is 71.4 Å². The van der Waals surface area contributed by atoms with Crippen LogP contribution in [0, 0.1) is 38.8 Å². The molecule has 0 aromatic carbocycles. The molecule has 0 aromatic rings. The summed E-state index contributed by atoms with van der Waals surface area (Å²) in [6.07, 6.45) is -2.46. The number of aliphatic hydroxyl groups is 2. The van der Waals surface area contributed by atoms with Crippen molar-refractivity contribution in [2.45, 2.75) is 26.1 Å². The van der Waals surface area contributed by atoms with Gasteiger partial charge in [-0.1, -0.05) is 0 Å². The van der Waals surface area contributed by atoms with Crippen LogP contribution in [0.25, 0.3) is 0 Å². The molecule has 0 radical (unpaired) electrons. The average molecular weight is 388 g/mol. The summed E-state index contributed by atoms with van der Waals surface area (Å²) in [6.45, 7) is 2.39. The van der Waals surface area contributed by atoms with Crippen molar-refractivity contribution in [1.29, 1.82) is 0 Å². The second kappa shape index (κ2) is 21.4. The molecule has 0 amide bonds. The van der Waals surface area contributed by atoms with Crippen molar-refractivity contribution in [2.24, 2.45) is 0 Å². The second-order valence-corrected chi connectivity index (χ2v) is 2.76. The first-order valence-corrected chi connectivity index (χ1v) is 6.36. The van der Waals surface area contributed by atoms with Crippen molar-refractivity contribution in [3.63, 3.8) is 0 Å². The molecular formula is C6H20CeN2O8. The molecule has 0 spiro atoms. The zero-order valence-electron chi connectivity index (χ0n) is 9.57. The normalized spacial score (nSPS) is 10.5. The molecule has 0 rings (SSSR count). The van der Waals surface area contributed by atoms with E-state index < -0.39 is 62.9 Å². The van der Waals surface area contributed by atoms with E-state index in [4.69, 9.17) is 23.1 Å². The fourth-order valence-corrected chi connectivity index (χ4v) is 0.